The zero-order valence-electron chi connectivity index (χ0n) is 6.33. The highest BCUT2D eigenvalue weighted by Gasteiger charge is 2.14. The van der Waals surface area contributed by atoms with Gasteiger partial charge in [-0.05, 0) is 18.6 Å². The summed E-state index contributed by atoms with van der Waals surface area (Å²) >= 11 is 0.902. The average molecular weight is 185 g/mol. The number of thiophene rings is 1. The summed E-state index contributed by atoms with van der Waals surface area (Å²) in [5.41, 5.74) is 5.55. The minimum atomic E-state index is -1.02. The molecule has 1 heterocycles. The predicted octanol–water partition coefficient (Wildman–Crippen LogP) is 0.854. The van der Waals surface area contributed by atoms with Gasteiger partial charge in [0.05, 0.1) is 4.88 Å². The monoisotopic (exact) mass is 185 g/mol. The largest absolute Gasteiger partial charge is 0.477 e. The normalized spacial score (nSPS) is 9.75. The first-order chi connectivity index (χ1) is 5.52. The number of hydrogen-bond acceptors (Lipinski definition) is 3. The van der Waals surface area contributed by atoms with Crippen LogP contribution >= 0.6 is 11.3 Å². The van der Waals surface area contributed by atoms with Gasteiger partial charge in [0.15, 0.2) is 0 Å². The molecule has 12 heavy (non-hydrogen) atoms. The van der Waals surface area contributed by atoms with Crippen molar-refractivity contribution in [2.45, 2.75) is 6.92 Å². The number of carboxylic acid groups (broad SMARTS) is 1. The maximum Gasteiger partial charge on any atom is 0.346 e. The van der Waals surface area contributed by atoms with Crippen LogP contribution in [0.5, 0.6) is 0 Å². The number of primary amides is 1. The predicted molar refractivity (Wildman–Crippen MR) is 44.5 cm³/mol. The zero-order chi connectivity index (χ0) is 9.30. The van der Waals surface area contributed by atoms with Crippen molar-refractivity contribution in [3.8, 4) is 0 Å². The van der Waals surface area contributed by atoms with Crippen molar-refractivity contribution in [1.82, 2.24) is 0 Å². The SMILES string of the molecule is Cc1cc(C(N)=O)sc1C(=O)O. The molecule has 1 amide bonds. The quantitative estimate of drug-likeness (QED) is 0.716. The van der Waals surface area contributed by atoms with E-state index in [1.54, 1.807) is 6.92 Å². The second-order valence-electron chi connectivity index (χ2n) is 2.29. The lowest BCUT2D eigenvalue weighted by Crippen LogP contribution is -2.08. The Morgan fingerprint density at radius 3 is 2.42 bits per heavy atom. The molecule has 0 unspecified atom stereocenters. The fourth-order valence-corrected chi connectivity index (χ4v) is 1.68. The van der Waals surface area contributed by atoms with E-state index in [-0.39, 0.29) is 9.75 Å². The summed E-state index contributed by atoms with van der Waals surface area (Å²) in [5.74, 6) is -1.61. The number of aromatic carboxylic acids is 1. The van der Waals surface area contributed by atoms with Gasteiger partial charge in [-0.15, -0.1) is 11.3 Å². The zero-order valence-corrected chi connectivity index (χ0v) is 7.14. The van der Waals surface area contributed by atoms with Gasteiger partial charge in [0.25, 0.3) is 5.91 Å². The molecule has 0 aliphatic carbocycles. The lowest BCUT2D eigenvalue weighted by atomic mass is 10.2. The van der Waals surface area contributed by atoms with Crippen LogP contribution in [0.4, 0.5) is 0 Å². The number of amides is 1. The molecule has 0 saturated heterocycles. The summed E-state index contributed by atoms with van der Waals surface area (Å²) in [5, 5.41) is 8.62. The molecule has 1 rings (SSSR count). The van der Waals surface area contributed by atoms with Gasteiger partial charge in [-0.1, -0.05) is 0 Å². The lowest BCUT2D eigenvalue weighted by Gasteiger charge is -1.86. The number of rotatable bonds is 2. The van der Waals surface area contributed by atoms with E-state index in [2.05, 4.69) is 0 Å². The van der Waals surface area contributed by atoms with Gasteiger partial charge >= 0.3 is 5.97 Å². The first kappa shape index (κ1) is 8.73. The van der Waals surface area contributed by atoms with Crippen LogP contribution in [0.1, 0.15) is 24.9 Å². The molecule has 0 aliphatic heterocycles. The van der Waals surface area contributed by atoms with E-state index in [0.29, 0.717) is 5.56 Å². The summed E-state index contributed by atoms with van der Waals surface area (Å²) in [6.07, 6.45) is 0. The van der Waals surface area contributed by atoms with E-state index >= 15 is 0 Å². The van der Waals surface area contributed by atoms with Crippen molar-refractivity contribution in [2.24, 2.45) is 5.73 Å². The Labute approximate surface area is 72.6 Å². The summed E-state index contributed by atoms with van der Waals surface area (Å²) in [7, 11) is 0. The Kier molecular flexibility index (Phi) is 2.14. The minimum absolute atomic E-state index is 0.170. The van der Waals surface area contributed by atoms with E-state index in [9.17, 15) is 9.59 Å². The smallest absolute Gasteiger partial charge is 0.346 e. The van der Waals surface area contributed by atoms with Crippen LogP contribution in [0.25, 0.3) is 0 Å². The maximum atomic E-state index is 10.6. The van der Waals surface area contributed by atoms with Gasteiger partial charge in [-0.2, -0.15) is 0 Å². The van der Waals surface area contributed by atoms with Crippen LogP contribution in [0.3, 0.4) is 0 Å². The Morgan fingerprint density at radius 1 is 1.58 bits per heavy atom. The number of carbonyl (C=O) groups is 2. The third-order valence-corrected chi connectivity index (χ3v) is 2.59. The summed E-state index contributed by atoms with van der Waals surface area (Å²) in [4.78, 5) is 21.6. The molecule has 64 valence electrons. The molecule has 0 atom stereocenters. The molecule has 1 aromatic heterocycles. The van der Waals surface area contributed by atoms with Crippen molar-refractivity contribution in [3.05, 3.63) is 21.4 Å². The third-order valence-electron chi connectivity index (χ3n) is 1.35. The highest BCUT2D eigenvalue weighted by Crippen LogP contribution is 2.20. The molecule has 0 saturated carbocycles. The molecule has 3 N–H and O–H groups in total. The Bertz CT molecular complexity index is 342. The Hall–Kier alpha value is -1.36. The Morgan fingerprint density at radius 2 is 2.17 bits per heavy atom. The lowest BCUT2D eigenvalue weighted by molar-refractivity contribution is 0.0701. The molecule has 0 spiro atoms. The third kappa shape index (κ3) is 1.45. The molecular weight excluding hydrogens is 178 g/mol. The van der Waals surface area contributed by atoms with Gasteiger partial charge < -0.3 is 10.8 Å². The standard InChI is InChI=1S/C7H7NO3S/c1-3-2-4(6(8)9)12-5(3)7(10)11/h2H,1H3,(H2,8,9)(H,10,11). The van der Waals surface area contributed by atoms with Crippen LogP contribution in [-0.4, -0.2) is 17.0 Å². The molecule has 0 fully saturated rings. The van der Waals surface area contributed by atoms with Gasteiger partial charge in [0.1, 0.15) is 4.88 Å². The van der Waals surface area contributed by atoms with Gasteiger partial charge in [0.2, 0.25) is 0 Å². The van der Waals surface area contributed by atoms with Crippen LogP contribution in [0.15, 0.2) is 6.07 Å². The molecule has 0 aliphatic rings. The Balaban J connectivity index is 3.17. The highest BCUT2D eigenvalue weighted by molar-refractivity contribution is 7.16. The van der Waals surface area contributed by atoms with Crippen molar-refractivity contribution in [3.63, 3.8) is 0 Å². The van der Waals surface area contributed by atoms with Crippen molar-refractivity contribution in [1.29, 1.82) is 0 Å². The van der Waals surface area contributed by atoms with E-state index in [1.165, 1.54) is 6.07 Å². The van der Waals surface area contributed by atoms with E-state index in [1.807, 2.05) is 0 Å². The van der Waals surface area contributed by atoms with Crippen molar-refractivity contribution < 1.29 is 14.7 Å². The van der Waals surface area contributed by atoms with Crippen LogP contribution in [0.2, 0.25) is 0 Å². The van der Waals surface area contributed by atoms with Crippen LogP contribution in [-0.2, 0) is 0 Å². The average Bonchev–Trinajstić information content (AvgIpc) is 2.30. The van der Waals surface area contributed by atoms with Gasteiger partial charge in [0, 0.05) is 0 Å². The molecule has 0 bridgehead atoms. The van der Waals surface area contributed by atoms with Crippen molar-refractivity contribution in [2.75, 3.05) is 0 Å². The molecule has 0 radical (unpaired) electrons. The molecule has 4 nitrogen and oxygen atoms in total. The van der Waals surface area contributed by atoms with E-state index in [0.717, 1.165) is 11.3 Å². The number of hydrogen-bond donors (Lipinski definition) is 2. The number of aryl methyl sites for hydroxylation is 1. The number of carboxylic acids is 1. The second-order valence-corrected chi connectivity index (χ2v) is 3.34. The van der Waals surface area contributed by atoms with E-state index < -0.39 is 11.9 Å². The molecule has 1 aromatic rings. The highest BCUT2D eigenvalue weighted by atomic mass is 32.1. The van der Waals surface area contributed by atoms with Crippen LogP contribution in [0, 0.1) is 6.92 Å². The topological polar surface area (TPSA) is 80.4 Å². The maximum absolute atomic E-state index is 10.6. The van der Waals surface area contributed by atoms with Crippen molar-refractivity contribution >= 4 is 23.2 Å². The van der Waals surface area contributed by atoms with E-state index in [4.69, 9.17) is 10.8 Å². The van der Waals surface area contributed by atoms with Crippen LogP contribution < -0.4 is 5.73 Å². The summed E-state index contributed by atoms with van der Waals surface area (Å²) in [6, 6.07) is 1.48. The second kappa shape index (κ2) is 2.94. The van der Waals surface area contributed by atoms with Gasteiger partial charge in [-0.25, -0.2) is 4.79 Å². The molecular formula is C7H7NO3S. The first-order valence-electron chi connectivity index (χ1n) is 3.16. The minimum Gasteiger partial charge on any atom is -0.477 e. The fourth-order valence-electron chi connectivity index (χ4n) is 0.816. The molecule has 5 heteroatoms. The fraction of sp³-hybridized carbons (Fsp3) is 0.143. The molecule has 0 aromatic carbocycles. The first-order valence-corrected chi connectivity index (χ1v) is 3.97. The summed E-state index contributed by atoms with van der Waals surface area (Å²) < 4.78 is 0. The number of carbonyl (C=O) groups excluding carboxylic acids is 1. The van der Waals surface area contributed by atoms with Gasteiger partial charge in [-0.3, -0.25) is 4.79 Å². The summed E-state index contributed by atoms with van der Waals surface area (Å²) in [6.45, 7) is 1.63. The number of nitrogens with two attached hydrogens (primary N) is 1.